The van der Waals surface area contributed by atoms with Crippen molar-refractivity contribution in [2.24, 2.45) is 5.92 Å². The van der Waals surface area contributed by atoms with Gasteiger partial charge in [-0.25, -0.2) is 4.57 Å². The van der Waals surface area contributed by atoms with Crippen LogP contribution in [-0.4, -0.2) is 6.61 Å². The highest BCUT2D eigenvalue weighted by Crippen LogP contribution is 2.49. The van der Waals surface area contributed by atoms with E-state index in [2.05, 4.69) is 13.8 Å². The van der Waals surface area contributed by atoms with Crippen LogP contribution >= 0.6 is 7.82 Å². The maximum atomic E-state index is 13.3. The normalized spacial score (nSPS) is 11.6. The van der Waals surface area contributed by atoms with Gasteiger partial charge in [-0.2, -0.15) is 0 Å². The predicted octanol–water partition coefficient (Wildman–Crippen LogP) is 7.88. The smallest absolute Gasteiger partial charge is 0.395 e. The van der Waals surface area contributed by atoms with E-state index in [1.165, 1.54) is 19.3 Å². The molecule has 0 aliphatic carbocycles. The monoisotopic (exact) mass is 418 g/mol. The van der Waals surface area contributed by atoms with Crippen molar-refractivity contribution in [1.82, 2.24) is 0 Å². The molecule has 0 atom stereocenters. The fraction of sp³-hybridized carbons (Fsp3) is 0.500. The van der Waals surface area contributed by atoms with Crippen molar-refractivity contribution in [3.63, 3.8) is 0 Å². The number of rotatable bonds is 13. The average Bonchev–Trinajstić information content (AvgIpc) is 2.67. The Hall–Kier alpha value is -1.77. The fourth-order valence-electron chi connectivity index (χ4n) is 2.89. The molecule has 2 aromatic carbocycles. The summed E-state index contributed by atoms with van der Waals surface area (Å²) in [4.78, 5) is 0. The molecule has 0 N–H and O–H groups in total. The first-order chi connectivity index (χ1) is 13.9. The average molecular weight is 419 g/mol. The molecule has 160 valence electrons. The maximum absolute atomic E-state index is 13.3. The molecule has 0 aromatic heterocycles. The minimum Gasteiger partial charge on any atom is -0.395 e. The Morgan fingerprint density at radius 3 is 1.66 bits per heavy atom. The molecule has 0 unspecified atom stereocenters. The molecule has 5 heteroatoms. The highest BCUT2D eigenvalue weighted by Gasteiger charge is 2.30. The molecule has 0 saturated heterocycles. The lowest BCUT2D eigenvalue weighted by molar-refractivity contribution is 0.205. The lowest BCUT2D eigenvalue weighted by Gasteiger charge is -2.19. The van der Waals surface area contributed by atoms with Crippen molar-refractivity contribution in [2.45, 2.75) is 66.2 Å². The van der Waals surface area contributed by atoms with Gasteiger partial charge in [-0.15, -0.1) is 0 Å². The van der Waals surface area contributed by atoms with Gasteiger partial charge in [0.05, 0.1) is 6.61 Å². The molecule has 2 aromatic rings. The van der Waals surface area contributed by atoms with Crippen molar-refractivity contribution >= 4 is 7.82 Å². The summed E-state index contributed by atoms with van der Waals surface area (Å²) in [5.74, 6) is 1.71. The third-order valence-electron chi connectivity index (χ3n) is 4.65. The third kappa shape index (κ3) is 9.51. The van der Waals surface area contributed by atoms with Crippen molar-refractivity contribution < 1.29 is 18.1 Å². The Kier molecular flexibility index (Phi) is 9.76. The van der Waals surface area contributed by atoms with Gasteiger partial charge in [0.25, 0.3) is 0 Å². The first kappa shape index (κ1) is 23.5. The summed E-state index contributed by atoms with van der Waals surface area (Å²) in [5, 5.41) is 0. The summed E-state index contributed by atoms with van der Waals surface area (Å²) in [6.07, 6.45) is 6.82. The van der Waals surface area contributed by atoms with Crippen molar-refractivity contribution in [2.75, 3.05) is 6.61 Å². The number of benzene rings is 2. The van der Waals surface area contributed by atoms with Crippen molar-refractivity contribution in [3.8, 4) is 11.5 Å². The molecule has 0 saturated carbocycles. The molecule has 0 heterocycles. The Bertz CT molecular complexity index is 702. The predicted molar refractivity (Wildman–Crippen MR) is 120 cm³/mol. The lowest BCUT2D eigenvalue weighted by Crippen LogP contribution is -2.06. The third-order valence-corrected chi connectivity index (χ3v) is 6.02. The van der Waals surface area contributed by atoms with Crippen LogP contribution in [0.15, 0.2) is 48.5 Å². The zero-order valence-corrected chi connectivity index (χ0v) is 19.1. The minimum absolute atomic E-state index is 0.346. The highest BCUT2D eigenvalue weighted by molar-refractivity contribution is 7.49. The first-order valence-electron chi connectivity index (χ1n) is 10.6. The highest BCUT2D eigenvalue weighted by atomic mass is 31.2. The minimum atomic E-state index is -3.77. The summed E-state index contributed by atoms with van der Waals surface area (Å²) in [5.41, 5.74) is 2.20. The van der Waals surface area contributed by atoms with Gasteiger partial charge in [0, 0.05) is 0 Å². The molecule has 2 rings (SSSR count). The van der Waals surface area contributed by atoms with Crippen LogP contribution in [0.5, 0.6) is 11.5 Å². The second kappa shape index (κ2) is 12.0. The van der Waals surface area contributed by atoms with Gasteiger partial charge >= 0.3 is 7.82 Å². The number of unbranched alkanes of at least 4 members (excludes halogenated alkanes) is 4. The van der Waals surface area contributed by atoms with Crippen LogP contribution in [0.2, 0.25) is 0 Å². The topological polar surface area (TPSA) is 44.8 Å². The molecule has 0 radical (unpaired) electrons. The Labute approximate surface area is 176 Å². The maximum Gasteiger partial charge on any atom is 0.587 e. The number of aryl methyl sites for hydroxylation is 2. The van der Waals surface area contributed by atoms with Gasteiger partial charge in [-0.05, 0) is 50.5 Å². The second-order valence-corrected chi connectivity index (χ2v) is 9.56. The van der Waals surface area contributed by atoms with E-state index in [1.54, 1.807) is 24.3 Å². The molecule has 29 heavy (non-hydrogen) atoms. The van der Waals surface area contributed by atoms with E-state index in [9.17, 15) is 4.57 Å². The number of hydrogen-bond donors (Lipinski definition) is 0. The number of hydrogen-bond acceptors (Lipinski definition) is 4. The van der Waals surface area contributed by atoms with Crippen molar-refractivity contribution in [3.05, 3.63) is 59.7 Å². The SMILES string of the molecule is Cc1ccc(OP(=O)(OCCCCCCCC(C)C)Oc2ccc(C)cc2)cc1. The van der Waals surface area contributed by atoms with Crippen LogP contribution < -0.4 is 9.05 Å². The van der Waals surface area contributed by atoms with E-state index < -0.39 is 7.82 Å². The van der Waals surface area contributed by atoms with E-state index in [1.807, 2.05) is 38.1 Å². The largest absolute Gasteiger partial charge is 0.587 e. The zero-order valence-electron chi connectivity index (χ0n) is 18.2. The zero-order chi connectivity index (χ0) is 21.1. The fourth-order valence-corrected chi connectivity index (χ4v) is 4.14. The molecular weight excluding hydrogens is 383 g/mol. The van der Waals surface area contributed by atoms with Crippen molar-refractivity contribution in [1.29, 1.82) is 0 Å². The van der Waals surface area contributed by atoms with Gasteiger partial charge in [0.2, 0.25) is 0 Å². The summed E-state index contributed by atoms with van der Waals surface area (Å²) >= 11 is 0. The van der Waals surface area contributed by atoms with Crippen LogP contribution in [0.4, 0.5) is 0 Å². The molecule has 4 nitrogen and oxygen atoms in total. The molecular formula is C24H35O4P. The summed E-state index contributed by atoms with van der Waals surface area (Å²) in [6, 6.07) is 14.7. The van der Waals surface area contributed by atoms with Gasteiger partial charge in [0.1, 0.15) is 11.5 Å². The molecule has 0 fully saturated rings. The Morgan fingerprint density at radius 1 is 0.724 bits per heavy atom. The number of phosphoric ester groups is 1. The van der Waals surface area contributed by atoms with Gasteiger partial charge in [0.15, 0.2) is 0 Å². The summed E-state index contributed by atoms with van der Waals surface area (Å²) in [7, 11) is -3.77. The van der Waals surface area contributed by atoms with Gasteiger partial charge < -0.3 is 9.05 Å². The van der Waals surface area contributed by atoms with Crippen LogP contribution in [0.1, 0.15) is 63.5 Å². The lowest BCUT2D eigenvalue weighted by atomic mass is 10.0. The summed E-state index contributed by atoms with van der Waals surface area (Å²) in [6.45, 7) is 8.84. The van der Waals surface area contributed by atoms with E-state index in [-0.39, 0.29) is 0 Å². The van der Waals surface area contributed by atoms with E-state index >= 15 is 0 Å². The van der Waals surface area contributed by atoms with Crippen LogP contribution in [0.3, 0.4) is 0 Å². The van der Waals surface area contributed by atoms with Gasteiger partial charge in [-0.3, -0.25) is 4.52 Å². The van der Waals surface area contributed by atoms with Gasteiger partial charge in [-0.1, -0.05) is 81.3 Å². The summed E-state index contributed by atoms with van der Waals surface area (Å²) < 4.78 is 30.3. The number of phosphoric acid groups is 1. The first-order valence-corrected chi connectivity index (χ1v) is 12.1. The van der Waals surface area contributed by atoms with Crippen LogP contribution in [0.25, 0.3) is 0 Å². The molecule has 0 aliphatic rings. The second-order valence-electron chi connectivity index (χ2n) is 8.04. The molecule has 0 aliphatic heterocycles. The Morgan fingerprint density at radius 2 is 1.17 bits per heavy atom. The van der Waals surface area contributed by atoms with Crippen LogP contribution in [0, 0.1) is 19.8 Å². The Balaban J connectivity index is 1.89. The molecule has 0 bridgehead atoms. The van der Waals surface area contributed by atoms with E-state index in [0.29, 0.717) is 18.1 Å². The van der Waals surface area contributed by atoms with E-state index in [0.717, 1.165) is 36.3 Å². The molecule has 0 amide bonds. The standard InChI is InChI=1S/C24H35O4P/c1-20(2)10-8-6-5-7-9-19-26-29(25,27-23-15-11-21(3)12-16-23)28-24-17-13-22(4)14-18-24/h11-18,20H,5-10,19H2,1-4H3. The molecule has 0 spiro atoms. The van der Waals surface area contributed by atoms with E-state index in [4.69, 9.17) is 13.6 Å². The quantitative estimate of drug-likeness (QED) is 0.245. The van der Waals surface area contributed by atoms with Crippen LogP contribution in [-0.2, 0) is 9.09 Å².